The van der Waals surface area contributed by atoms with Gasteiger partial charge in [0.05, 0.1) is 18.2 Å². The molecule has 4 heteroatoms. The first-order valence-corrected chi connectivity index (χ1v) is 8.37. The first-order chi connectivity index (χ1) is 11.8. The number of carbonyl (C=O) groups excluding carboxylic acids is 1. The van der Waals surface area contributed by atoms with E-state index < -0.39 is 5.97 Å². The van der Waals surface area contributed by atoms with Gasteiger partial charge in [-0.15, -0.1) is 0 Å². The number of esters is 1. The van der Waals surface area contributed by atoms with Gasteiger partial charge in [0, 0.05) is 0 Å². The fourth-order valence-corrected chi connectivity index (χ4v) is 2.97. The van der Waals surface area contributed by atoms with Gasteiger partial charge in [0.1, 0.15) is 0 Å². The molecule has 0 bridgehead atoms. The van der Waals surface area contributed by atoms with Crippen LogP contribution in [0.4, 0.5) is 0 Å². The van der Waals surface area contributed by atoms with E-state index in [-0.39, 0.29) is 17.8 Å². The summed E-state index contributed by atoms with van der Waals surface area (Å²) < 4.78 is 4.77. The summed E-state index contributed by atoms with van der Waals surface area (Å²) >= 11 is 0. The fraction of sp³-hybridized carbons (Fsp3) is 0.333. The minimum atomic E-state index is -0.894. The van der Waals surface area contributed by atoms with Crippen molar-refractivity contribution in [3.05, 3.63) is 70.3 Å². The summed E-state index contributed by atoms with van der Waals surface area (Å²) in [5, 5.41) is 9.33. The summed E-state index contributed by atoms with van der Waals surface area (Å²) in [5.74, 6) is -0.902. The Labute approximate surface area is 148 Å². The minimum absolute atomic E-state index is 0.143. The molecule has 0 amide bonds. The lowest BCUT2D eigenvalue weighted by molar-refractivity contribution is 0.0599. The number of hydrogen-bond donors (Lipinski definition) is 1. The van der Waals surface area contributed by atoms with Gasteiger partial charge < -0.3 is 9.84 Å². The first-order valence-electron chi connectivity index (χ1n) is 8.37. The number of benzene rings is 2. The Morgan fingerprint density at radius 2 is 1.80 bits per heavy atom. The first kappa shape index (κ1) is 18.7. The second kappa shape index (κ2) is 7.97. The Kier molecular flexibility index (Phi) is 5.97. The molecule has 1 unspecified atom stereocenters. The summed E-state index contributed by atoms with van der Waals surface area (Å²) in [7, 11) is 1.37. The molecule has 2 rings (SSSR count). The monoisotopic (exact) mass is 340 g/mol. The van der Waals surface area contributed by atoms with E-state index >= 15 is 0 Å². The Balaban J connectivity index is 2.26. The number of hydrogen-bond acceptors (Lipinski definition) is 3. The standard InChI is InChI=1S/C21H24O4/c1-13(2)19-11-15(8-9-18(19)20(22)23)10-14(3)16-6-5-7-17(12-16)21(24)25-4/h5-9,11-14H,10H2,1-4H3,(H,22,23). The molecule has 0 radical (unpaired) electrons. The zero-order valence-electron chi connectivity index (χ0n) is 15.1. The van der Waals surface area contributed by atoms with Gasteiger partial charge >= 0.3 is 11.9 Å². The molecular weight excluding hydrogens is 316 g/mol. The van der Waals surface area contributed by atoms with Crippen molar-refractivity contribution in [2.24, 2.45) is 0 Å². The molecule has 0 aliphatic carbocycles. The second-order valence-corrected chi connectivity index (χ2v) is 6.60. The van der Waals surface area contributed by atoms with Crippen LogP contribution in [0, 0.1) is 0 Å². The number of carbonyl (C=O) groups is 2. The van der Waals surface area contributed by atoms with Gasteiger partial charge in [-0.1, -0.05) is 45.0 Å². The second-order valence-electron chi connectivity index (χ2n) is 6.60. The van der Waals surface area contributed by atoms with Gasteiger partial charge in [-0.25, -0.2) is 9.59 Å². The average Bonchev–Trinajstić information content (AvgIpc) is 2.60. The fourth-order valence-electron chi connectivity index (χ4n) is 2.97. The summed E-state index contributed by atoms with van der Waals surface area (Å²) in [6.07, 6.45) is 0.768. The van der Waals surface area contributed by atoms with E-state index in [1.165, 1.54) is 7.11 Å². The van der Waals surface area contributed by atoms with E-state index in [1.54, 1.807) is 12.1 Å². The number of rotatable bonds is 6. The Bertz CT molecular complexity index is 777. The predicted molar refractivity (Wildman–Crippen MR) is 97.4 cm³/mol. The lowest BCUT2D eigenvalue weighted by Crippen LogP contribution is -2.07. The summed E-state index contributed by atoms with van der Waals surface area (Å²) in [4.78, 5) is 23.1. The van der Waals surface area contributed by atoms with E-state index in [2.05, 4.69) is 6.92 Å². The molecule has 0 saturated carbocycles. The molecule has 0 fully saturated rings. The molecule has 1 N–H and O–H groups in total. The third kappa shape index (κ3) is 4.47. The van der Waals surface area contributed by atoms with E-state index in [4.69, 9.17) is 4.74 Å². The highest BCUT2D eigenvalue weighted by Crippen LogP contribution is 2.26. The van der Waals surface area contributed by atoms with Gasteiger partial charge in [-0.2, -0.15) is 0 Å². The van der Waals surface area contributed by atoms with Crippen molar-refractivity contribution in [1.29, 1.82) is 0 Å². The average molecular weight is 340 g/mol. The minimum Gasteiger partial charge on any atom is -0.478 e. The lowest BCUT2D eigenvalue weighted by Gasteiger charge is -2.16. The number of carboxylic acid groups (broad SMARTS) is 1. The summed E-state index contributed by atoms with van der Waals surface area (Å²) in [5.41, 5.74) is 3.89. The van der Waals surface area contributed by atoms with Crippen LogP contribution in [0.1, 0.15) is 70.0 Å². The molecular formula is C21H24O4. The largest absolute Gasteiger partial charge is 0.478 e. The van der Waals surface area contributed by atoms with Crippen molar-refractivity contribution < 1.29 is 19.4 Å². The van der Waals surface area contributed by atoms with Gasteiger partial charge in [-0.05, 0) is 53.1 Å². The highest BCUT2D eigenvalue weighted by atomic mass is 16.5. The number of methoxy groups -OCH3 is 1. The molecule has 2 aromatic carbocycles. The smallest absolute Gasteiger partial charge is 0.337 e. The van der Waals surface area contributed by atoms with E-state index in [1.807, 2.05) is 44.2 Å². The zero-order valence-corrected chi connectivity index (χ0v) is 15.1. The van der Waals surface area contributed by atoms with Crippen LogP contribution in [0.15, 0.2) is 42.5 Å². The Morgan fingerprint density at radius 3 is 2.40 bits per heavy atom. The van der Waals surface area contributed by atoms with E-state index in [0.717, 1.165) is 23.1 Å². The van der Waals surface area contributed by atoms with Crippen molar-refractivity contribution in [2.75, 3.05) is 7.11 Å². The van der Waals surface area contributed by atoms with E-state index in [0.29, 0.717) is 11.1 Å². The number of carboxylic acids is 1. The molecule has 132 valence electrons. The van der Waals surface area contributed by atoms with Gasteiger partial charge in [0.15, 0.2) is 0 Å². The molecule has 0 aliphatic heterocycles. The summed E-state index contributed by atoms with van der Waals surface area (Å²) in [6.45, 7) is 6.08. The van der Waals surface area contributed by atoms with Crippen LogP contribution >= 0.6 is 0 Å². The molecule has 4 nitrogen and oxygen atoms in total. The van der Waals surface area contributed by atoms with Crippen molar-refractivity contribution in [2.45, 2.75) is 39.0 Å². The Hall–Kier alpha value is -2.62. The topological polar surface area (TPSA) is 63.6 Å². The van der Waals surface area contributed by atoms with Crippen LogP contribution in [-0.2, 0) is 11.2 Å². The third-order valence-corrected chi connectivity index (χ3v) is 4.39. The van der Waals surface area contributed by atoms with Crippen LogP contribution in [0.5, 0.6) is 0 Å². The van der Waals surface area contributed by atoms with E-state index in [9.17, 15) is 14.7 Å². The maximum absolute atomic E-state index is 11.7. The van der Waals surface area contributed by atoms with Crippen LogP contribution in [0.25, 0.3) is 0 Å². The number of aromatic carboxylic acids is 1. The quantitative estimate of drug-likeness (QED) is 0.778. The number of ether oxygens (including phenoxy) is 1. The van der Waals surface area contributed by atoms with Crippen molar-refractivity contribution in [3.63, 3.8) is 0 Å². The highest BCUT2D eigenvalue weighted by Gasteiger charge is 2.15. The molecule has 25 heavy (non-hydrogen) atoms. The zero-order chi connectivity index (χ0) is 18.6. The van der Waals surface area contributed by atoms with Crippen molar-refractivity contribution in [1.82, 2.24) is 0 Å². The van der Waals surface area contributed by atoms with Crippen molar-refractivity contribution in [3.8, 4) is 0 Å². The molecule has 0 saturated heterocycles. The molecule has 0 spiro atoms. The molecule has 0 heterocycles. The van der Waals surface area contributed by atoms with Crippen molar-refractivity contribution >= 4 is 11.9 Å². The highest BCUT2D eigenvalue weighted by molar-refractivity contribution is 5.90. The normalized spacial score (nSPS) is 12.0. The van der Waals surface area contributed by atoms with Crippen LogP contribution in [0.3, 0.4) is 0 Å². The lowest BCUT2D eigenvalue weighted by atomic mass is 9.89. The molecule has 0 aliphatic rings. The van der Waals surface area contributed by atoms with Crippen LogP contribution < -0.4 is 0 Å². The van der Waals surface area contributed by atoms with Crippen LogP contribution in [0.2, 0.25) is 0 Å². The Morgan fingerprint density at radius 1 is 1.08 bits per heavy atom. The van der Waals surface area contributed by atoms with Gasteiger partial charge in [0.25, 0.3) is 0 Å². The van der Waals surface area contributed by atoms with Gasteiger partial charge in [0.2, 0.25) is 0 Å². The van der Waals surface area contributed by atoms with Gasteiger partial charge in [-0.3, -0.25) is 0 Å². The predicted octanol–water partition coefficient (Wildman–Crippen LogP) is 4.64. The third-order valence-electron chi connectivity index (χ3n) is 4.39. The maximum Gasteiger partial charge on any atom is 0.337 e. The molecule has 2 aromatic rings. The maximum atomic E-state index is 11.7. The van der Waals surface area contributed by atoms with Crippen LogP contribution in [-0.4, -0.2) is 24.2 Å². The molecule has 0 aromatic heterocycles. The SMILES string of the molecule is COC(=O)c1cccc(C(C)Cc2ccc(C(=O)O)c(C(C)C)c2)c1. The summed E-state index contributed by atoms with van der Waals surface area (Å²) in [6, 6.07) is 13.0. The molecule has 1 atom stereocenters.